The van der Waals surface area contributed by atoms with Gasteiger partial charge in [-0.25, -0.2) is 9.97 Å². The maximum absolute atomic E-state index is 6.05. The van der Waals surface area contributed by atoms with E-state index in [-0.39, 0.29) is 11.5 Å². The Labute approximate surface area is 106 Å². The highest BCUT2D eigenvalue weighted by Gasteiger charge is 2.28. The standard InChI is InChI=1S/C12H17N5O/c1-7-5-14-9(15-6-7)10-16-11(18-17-10)8(13)12(2,3)4/h5-6,8H,13H2,1-4H3. The highest BCUT2D eigenvalue weighted by molar-refractivity contribution is 5.41. The zero-order valence-corrected chi connectivity index (χ0v) is 11.0. The summed E-state index contributed by atoms with van der Waals surface area (Å²) in [6, 6.07) is -0.316. The SMILES string of the molecule is Cc1cnc(-c2noc(C(N)C(C)(C)C)n2)nc1. The molecule has 0 spiro atoms. The molecule has 2 rings (SSSR count). The normalized spacial score (nSPS) is 13.6. The Morgan fingerprint density at radius 3 is 2.33 bits per heavy atom. The molecular formula is C12H17N5O. The van der Waals surface area contributed by atoms with Crippen molar-refractivity contribution in [3.8, 4) is 11.6 Å². The molecule has 2 heterocycles. The predicted octanol–water partition coefficient (Wildman–Crippen LogP) is 1.88. The molecule has 2 N–H and O–H groups in total. The van der Waals surface area contributed by atoms with Gasteiger partial charge in [0.05, 0.1) is 6.04 Å². The van der Waals surface area contributed by atoms with Crippen LogP contribution in [0, 0.1) is 12.3 Å². The van der Waals surface area contributed by atoms with E-state index in [9.17, 15) is 0 Å². The van der Waals surface area contributed by atoms with Gasteiger partial charge in [-0.2, -0.15) is 4.98 Å². The summed E-state index contributed by atoms with van der Waals surface area (Å²) in [5.41, 5.74) is 6.89. The summed E-state index contributed by atoms with van der Waals surface area (Å²) < 4.78 is 5.17. The van der Waals surface area contributed by atoms with Gasteiger partial charge in [-0.05, 0) is 17.9 Å². The van der Waals surface area contributed by atoms with Crippen LogP contribution in [0.25, 0.3) is 11.6 Å². The van der Waals surface area contributed by atoms with Gasteiger partial charge in [-0.3, -0.25) is 0 Å². The van der Waals surface area contributed by atoms with Gasteiger partial charge in [0.2, 0.25) is 17.5 Å². The minimum Gasteiger partial charge on any atom is -0.337 e. The molecule has 2 aromatic rings. The van der Waals surface area contributed by atoms with E-state index < -0.39 is 0 Å². The van der Waals surface area contributed by atoms with Crippen molar-refractivity contribution in [2.45, 2.75) is 33.7 Å². The highest BCUT2D eigenvalue weighted by atomic mass is 16.5. The highest BCUT2D eigenvalue weighted by Crippen LogP contribution is 2.29. The van der Waals surface area contributed by atoms with Crippen molar-refractivity contribution in [1.82, 2.24) is 20.1 Å². The quantitative estimate of drug-likeness (QED) is 0.871. The second-order valence-corrected chi connectivity index (χ2v) is 5.38. The first kappa shape index (κ1) is 12.6. The van der Waals surface area contributed by atoms with Crippen LogP contribution in [-0.2, 0) is 0 Å². The fourth-order valence-corrected chi connectivity index (χ4v) is 1.33. The molecule has 0 bridgehead atoms. The fraction of sp³-hybridized carbons (Fsp3) is 0.500. The Balaban J connectivity index is 2.28. The fourth-order valence-electron chi connectivity index (χ4n) is 1.33. The third kappa shape index (κ3) is 2.53. The van der Waals surface area contributed by atoms with Gasteiger partial charge >= 0.3 is 0 Å². The summed E-state index contributed by atoms with van der Waals surface area (Å²) in [6.07, 6.45) is 3.42. The van der Waals surface area contributed by atoms with E-state index in [0.717, 1.165) is 5.56 Å². The molecular weight excluding hydrogens is 230 g/mol. The number of nitrogens with zero attached hydrogens (tertiary/aromatic N) is 4. The topological polar surface area (TPSA) is 90.7 Å². The van der Waals surface area contributed by atoms with E-state index >= 15 is 0 Å². The maximum atomic E-state index is 6.05. The summed E-state index contributed by atoms with van der Waals surface area (Å²) in [7, 11) is 0. The van der Waals surface area contributed by atoms with Crippen molar-refractivity contribution in [3.63, 3.8) is 0 Å². The molecule has 1 unspecified atom stereocenters. The molecule has 0 aliphatic heterocycles. The first-order valence-corrected chi connectivity index (χ1v) is 5.76. The van der Waals surface area contributed by atoms with Crippen molar-refractivity contribution < 1.29 is 4.52 Å². The van der Waals surface area contributed by atoms with Crippen LogP contribution in [0.15, 0.2) is 16.9 Å². The zero-order chi connectivity index (χ0) is 13.3. The maximum Gasteiger partial charge on any atom is 0.244 e. The van der Waals surface area contributed by atoms with Crippen molar-refractivity contribution in [1.29, 1.82) is 0 Å². The smallest absolute Gasteiger partial charge is 0.244 e. The van der Waals surface area contributed by atoms with Gasteiger partial charge in [-0.15, -0.1) is 0 Å². The minimum absolute atomic E-state index is 0.141. The van der Waals surface area contributed by atoms with Crippen LogP contribution in [0.5, 0.6) is 0 Å². The van der Waals surface area contributed by atoms with Crippen LogP contribution in [0.2, 0.25) is 0 Å². The van der Waals surface area contributed by atoms with E-state index in [1.807, 2.05) is 27.7 Å². The largest absolute Gasteiger partial charge is 0.337 e. The van der Waals surface area contributed by atoms with Gasteiger partial charge in [0.25, 0.3) is 0 Å². The summed E-state index contributed by atoms with van der Waals surface area (Å²) in [5, 5.41) is 3.86. The molecule has 0 saturated heterocycles. The molecule has 6 nitrogen and oxygen atoms in total. The van der Waals surface area contributed by atoms with E-state index in [2.05, 4.69) is 20.1 Å². The molecule has 0 fully saturated rings. The van der Waals surface area contributed by atoms with E-state index in [1.54, 1.807) is 12.4 Å². The second kappa shape index (κ2) is 4.45. The number of aromatic nitrogens is 4. The lowest BCUT2D eigenvalue weighted by Crippen LogP contribution is -2.26. The summed E-state index contributed by atoms with van der Waals surface area (Å²) in [4.78, 5) is 12.5. The first-order valence-electron chi connectivity index (χ1n) is 5.76. The molecule has 96 valence electrons. The Morgan fingerprint density at radius 1 is 1.17 bits per heavy atom. The van der Waals surface area contributed by atoms with Crippen LogP contribution in [0.3, 0.4) is 0 Å². The lowest BCUT2D eigenvalue weighted by Gasteiger charge is -2.23. The van der Waals surface area contributed by atoms with Gasteiger partial charge in [0, 0.05) is 12.4 Å². The second-order valence-electron chi connectivity index (χ2n) is 5.38. The van der Waals surface area contributed by atoms with Crippen molar-refractivity contribution in [2.75, 3.05) is 0 Å². The van der Waals surface area contributed by atoms with Crippen molar-refractivity contribution in [2.24, 2.45) is 11.1 Å². The molecule has 6 heteroatoms. The molecule has 18 heavy (non-hydrogen) atoms. The van der Waals surface area contributed by atoms with Gasteiger partial charge < -0.3 is 10.3 Å². The number of hydrogen-bond acceptors (Lipinski definition) is 6. The molecule has 0 amide bonds. The Morgan fingerprint density at radius 2 is 1.78 bits per heavy atom. The monoisotopic (exact) mass is 247 g/mol. The van der Waals surface area contributed by atoms with Crippen LogP contribution >= 0.6 is 0 Å². The number of aryl methyl sites for hydroxylation is 1. The van der Waals surface area contributed by atoms with E-state index in [1.165, 1.54) is 0 Å². The van der Waals surface area contributed by atoms with Crippen LogP contribution < -0.4 is 5.73 Å². The molecule has 1 atom stereocenters. The van der Waals surface area contributed by atoms with E-state index in [4.69, 9.17) is 10.3 Å². The zero-order valence-electron chi connectivity index (χ0n) is 11.0. The molecule has 0 aliphatic carbocycles. The molecule has 0 saturated carbocycles. The summed E-state index contributed by atoms with van der Waals surface area (Å²) in [6.45, 7) is 7.97. The number of rotatable bonds is 2. The minimum atomic E-state index is -0.316. The lowest BCUT2D eigenvalue weighted by atomic mass is 9.87. The van der Waals surface area contributed by atoms with Crippen molar-refractivity contribution in [3.05, 3.63) is 23.8 Å². The summed E-state index contributed by atoms with van der Waals surface area (Å²) in [5.74, 6) is 1.21. The van der Waals surface area contributed by atoms with Gasteiger partial charge in [0.1, 0.15) is 0 Å². The van der Waals surface area contributed by atoms with E-state index in [0.29, 0.717) is 17.5 Å². The lowest BCUT2D eigenvalue weighted by molar-refractivity contribution is 0.253. The molecule has 0 radical (unpaired) electrons. The van der Waals surface area contributed by atoms with Crippen LogP contribution in [0.1, 0.15) is 38.3 Å². The molecule has 0 aliphatic rings. The number of nitrogens with two attached hydrogens (primary N) is 1. The third-order valence-electron chi connectivity index (χ3n) is 2.62. The number of hydrogen-bond donors (Lipinski definition) is 1. The molecule has 0 aromatic carbocycles. The van der Waals surface area contributed by atoms with Crippen molar-refractivity contribution >= 4 is 0 Å². The van der Waals surface area contributed by atoms with Gasteiger partial charge in [0.15, 0.2) is 0 Å². The summed E-state index contributed by atoms with van der Waals surface area (Å²) >= 11 is 0. The third-order valence-corrected chi connectivity index (χ3v) is 2.62. The van der Waals surface area contributed by atoms with Crippen LogP contribution in [0.4, 0.5) is 0 Å². The average molecular weight is 247 g/mol. The Kier molecular flexibility index (Phi) is 3.13. The average Bonchev–Trinajstić information content (AvgIpc) is 2.77. The predicted molar refractivity (Wildman–Crippen MR) is 66.4 cm³/mol. The first-order chi connectivity index (χ1) is 8.38. The Hall–Kier alpha value is -1.82. The van der Waals surface area contributed by atoms with Crippen LogP contribution in [-0.4, -0.2) is 20.1 Å². The molecule has 2 aromatic heterocycles. The van der Waals surface area contributed by atoms with Gasteiger partial charge in [-0.1, -0.05) is 25.9 Å². The Bertz CT molecular complexity index is 526.